The number of fused-ring (bicyclic) bond motifs is 5. The lowest BCUT2D eigenvalue weighted by Crippen LogP contribution is -2.34. The molecule has 0 aliphatic carbocycles. The second-order valence-corrected chi connectivity index (χ2v) is 8.21. The summed E-state index contributed by atoms with van der Waals surface area (Å²) in [6.45, 7) is 0.835. The lowest BCUT2D eigenvalue weighted by Gasteiger charge is -2.31. The summed E-state index contributed by atoms with van der Waals surface area (Å²) in [5.41, 5.74) is 3.51. The predicted molar refractivity (Wildman–Crippen MR) is 119 cm³/mol. The Kier molecular flexibility index (Phi) is 4.10. The van der Waals surface area contributed by atoms with Gasteiger partial charge >= 0.3 is 0 Å². The van der Waals surface area contributed by atoms with Gasteiger partial charge in [0.25, 0.3) is 0 Å². The maximum atomic E-state index is 9.14. The van der Waals surface area contributed by atoms with Crippen molar-refractivity contribution in [1.29, 1.82) is 5.41 Å². The average Bonchev–Trinajstić information content (AvgIpc) is 2.83. The molecule has 5 heteroatoms. The van der Waals surface area contributed by atoms with Crippen molar-refractivity contribution in [2.24, 2.45) is 0 Å². The van der Waals surface area contributed by atoms with Gasteiger partial charge in [-0.2, -0.15) is 4.98 Å². The van der Waals surface area contributed by atoms with Crippen LogP contribution >= 0.6 is 0 Å². The van der Waals surface area contributed by atoms with Gasteiger partial charge in [0.1, 0.15) is 22.8 Å². The maximum absolute atomic E-state index is 9.14. The lowest BCUT2D eigenvalue weighted by molar-refractivity contribution is 0.401. The molecule has 3 aromatic carbocycles. The van der Waals surface area contributed by atoms with Crippen LogP contribution < -0.4 is 15.0 Å². The zero-order valence-corrected chi connectivity index (χ0v) is 17.4. The first kappa shape index (κ1) is 18.2. The number of aromatic nitrogens is 2. The van der Waals surface area contributed by atoms with E-state index in [1.165, 1.54) is 0 Å². The van der Waals surface area contributed by atoms with Crippen molar-refractivity contribution in [2.45, 2.75) is 31.7 Å². The molecule has 4 aromatic rings. The van der Waals surface area contributed by atoms with E-state index in [0.29, 0.717) is 11.4 Å². The Morgan fingerprint density at radius 1 is 1.03 bits per heavy atom. The Morgan fingerprint density at radius 3 is 2.84 bits per heavy atom. The van der Waals surface area contributed by atoms with Crippen molar-refractivity contribution in [1.82, 2.24) is 9.55 Å². The lowest BCUT2D eigenvalue weighted by atomic mass is 9.81. The fourth-order valence-electron chi connectivity index (χ4n) is 5.00. The molecule has 1 unspecified atom stereocenters. The van der Waals surface area contributed by atoms with Crippen molar-refractivity contribution < 1.29 is 9.47 Å². The Balaban J connectivity index is 1.70. The van der Waals surface area contributed by atoms with Gasteiger partial charge in [-0.3, -0.25) is 5.41 Å². The molecule has 0 bridgehead atoms. The third kappa shape index (κ3) is 2.76. The molecule has 0 saturated carbocycles. The summed E-state index contributed by atoms with van der Waals surface area (Å²) in [5, 5.41) is 11.4. The highest BCUT2D eigenvalue weighted by Gasteiger charge is 2.34. The van der Waals surface area contributed by atoms with Gasteiger partial charge in [0.05, 0.1) is 12.7 Å². The molecular weight excluding hydrogens is 386 g/mol. The number of aryl methyl sites for hydroxylation is 1. The van der Waals surface area contributed by atoms with Gasteiger partial charge < -0.3 is 14.0 Å². The highest BCUT2D eigenvalue weighted by Crippen LogP contribution is 2.48. The second-order valence-electron chi connectivity index (χ2n) is 8.21. The van der Waals surface area contributed by atoms with Gasteiger partial charge in [0, 0.05) is 24.4 Å². The summed E-state index contributed by atoms with van der Waals surface area (Å²) in [7, 11) is 1.68. The molecule has 0 amide bonds. The fraction of sp³-hybridized carbons (Fsp3) is 0.231. The quantitative estimate of drug-likeness (QED) is 0.439. The van der Waals surface area contributed by atoms with Gasteiger partial charge in [-0.15, -0.1) is 0 Å². The Morgan fingerprint density at radius 2 is 1.94 bits per heavy atom. The molecule has 3 heterocycles. The minimum atomic E-state index is -0.153. The highest BCUT2D eigenvalue weighted by molar-refractivity contribution is 5.90. The van der Waals surface area contributed by atoms with Crippen LogP contribution in [0.4, 0.5) is 0 Å². The number of ether oxygens (including phenoxy) is 2. The maximum Gasteiger partial charge on any atom is 0.228 e. The van der Waals surface area contributed by atoms with E-state index in [1.807, 2.05) is 18.2 Å². The topological polar surface area (TPSA) is 60.1 Å². The minimum Gasteiger partial charge on any atom is -0.497 e. The number of benzene rings is 3. The molecule has 1 N–H and O–H groups in total. The normalized spacial score (nSPS) is 16.7. The van der Waals surface area contributed by atoms with Gasteiger partial charge in [-0.25, -0.2) is 0 Å². The number of nitrogens with one attached hydrogen (secondary N) is 1. The number of hydrogen-bond donors (Lipinski definition) is 1. The van der Waals surface area contributed by atoms with Crippen LogP contribution in [-0.4, -0.2) is 16.7 Å². The van der Waals surface area contributed by atoms with E-state index in [1.54, 1.807) is 7.11 Å². The first-order valence-corrected chi connectivity index (χ1v) is 10.8. The van der Waals surface area contributed by atoms with Gasteiger partial charge in [-0.05, 0) is 47.4 Å². The largest absolute Gasteiger partial charge is 0.497 e. The third-order valence-corrected chi connectivity index (χ3v) is 6.47. The SMILES string of the molecule is COc1cccc(C2c3c(nc4n(c3=N)CCCC4)Oc3ccc4ccccc4c32)c1. The smallest absolute Gasteiger partial charge is 0.228 e. The van der Waals surface area contributed by atoms with E-state index >= 15 is 0 Å². The molecule has 0 radical (unpaired) electrons. The van der Waals surface area contributed by atoms with E-state index < -0.39 is 0 Å². The van der Waals surface area contributed by atoms with Gasteiger partial charge in [0.2, 0.25) is 5.88 Å². The first-order valence-electron chi connectivity index (χ1n) is 10.8. The fourth-order valence-corrected chi connectivity index (χ4v) is 5.00. The van der Waals surface area contributed by atoms with Crippen LogP contribution in [0.15, 0.2) is 60.7 Å². The van der Waals surface area contributed by atoms with Crippen LogP contribution in [0.5, 0.6) is 17.4 Å². The van der Waals surface area contributed by atoms with E-state index in [2.05, 4.69) is 47.0 Å². The summed E-state index contributed by atoms with van der Waals surface area (Å²) >= 11 is 0. The van der Waals surface area contributed by atoms with E-state index in [9.17, 15) is 0 Å². The molecule has 31 heavy (non-hydrogen) atoms. The monoisotopic (exact) mass is 409 g/mol. The van der Waals surface area contributed by atoms with Crippen molar-refractivity contribution in [3.05, 3.63) is 88.7 Å². The van der Waals surface area contributed by atoms with Crippen LogP contribution in [0.1, 0.15) is 41.3 Å². The van der Waals surface area contributed by atoms with Crippen molar-refractivity contribution >= 4 is 10.8 Å². The molecule has 5 nitrogen and oxygen atoms in total. The summed E-state index contributed by atoms with van der Waals surface area (Å²) in [4.78, 5) is 4.90. The zero-order chi connectivity index (χ0) is 20.9. The molecule has 0 spiro atoms. The standard InChI is InChI=1S/C26H23N3O2/c1-30-18-9-6-8-17(15-18)22-23-19-10-3-2-7-16(19)12-13-20(23)31-26-24(22)25(27)29-14-5-4-11-21(29)28-26/h2-3,6-10,12-13,15,22,27H,4-5,11,14H2,1H3. The van der Waals surface area contributed by atoms with Crippen LogP contribution in [0, 0.1) is 5.41 Å². The molecule has 0 saturated heterocycles. The van der Waals surface area contributed by atoms with E-state index in [4.69, 9.17) is 19.9 Å². The predicted octanol–water partition coefficient (Wildman–Crippen LogP) is 5.15. The van der Waals surface area contributed by atoms with Gasteiger partial charge in [-0.1, -0.05) is 42.5 Å². The Hall–Kier alpha value is -3.60. The van der Waals surface area contributed by atoms with Crippen LogP contribution in [-0.2, 0) is 13.0 Å². The molecule has 1 aromatic heterocycles. The number of hydrogen-bond acceptors (Lipinski definition) is 4. The van der Waals surface area contributed by atoms with E-state index in [-0.39, 0.29) is 5.92 Å². The minimum absolute atomic E-state index is 0.153. The molecule has 154 valence electrons. The molecule has 2 aliphatic rings. The van der Waals surface area contributed by atoms with Crippen molar-refractivity contribution in [2.75, 3.05) is 7.11 Å². The Bertz CT molecular complexity index is 1390. The second kappa shape index (κ2) is 6.98. The third-order valence-electron chi connectivity index (χ3n) is 6.47. The number of methoxy groups -OCH3 is 1. The Labute approximate surface area is 180 Å². The molecule has 6 rings (SSSR count). The molecule has 2 aliphatic heterocycles. The number of rotatable bonds is 2. The first-order chi connectivity index (χ1) is 15.2. The summed E-state index contributed by atoms with van der Waals surface area (Å²) in [6.07, 6.45) is 3.07. The summed E-state index contributed by atoms with van der Waals surface area (Å²) in [5.74, 6) is 2.97. The molecular formula is C26H23N3O2. The molecule has 0 fully saturated rings. The molecule has 1 atom stereocenters. The van der Waals surface area contributed by atoms with E-state index in [0.717, 1.165) is 70.6 Å². The van der Waals surface area contributed by atoms with Crippen LogP contribution in [0.2, 0.25) is 0 Å². The highest BCUT2D eigenvalue weighted by atomic mass is 16.5. The average molecular weight is 409 g/mol. The number of nitrogens with zero attached hydrogens (tertiary/aromatic N) is 2. The summed E-state index contributed by atoms with van der Waals surface area (Å²) < 4.78 is 14.0. The van der Waals surface area contributed by atoms with Crippen molar-refractivity contribution in [3.63, 3.8) is 0 Å². The summed E-state index contributed by atoms with van der Waals surface area (Å²) in [6, 6.07) is 20.6. The van der Waals surface area contributed by atoms with Gasteiger partial charge in [0.15, 0.2) is 0 Å². The van der Waals surface area contributed by atoms with Crippen LogP contribution in [0.3, 0.4) is 0 Å². The zero-order valence-electron chi connectivity index (χ0n) is 17.4. The van der Waals surface area contributed by atoms with Crippen molar-refractivity contribution in [3.8, 4) is 17.4 Å². The van der Waals surface area contributed by atoms with Crippen LogP contribution in [0.25, 0.3) is 10.8 Å².